The molecule has 0 saturated carbocycles. The Morgan fingerprint density at radius 1 is 0.939 bits per heavy atom. The molecule has 3 heterocycles. The van der Waals surface area contributed by atoms with Gasteiger partial charge in [0.15, 0.2) is 0 Å². The first-order valence-electron chi connectivity index (χ1n) is 11.5. The van der Waals surface area contributed by atoms with Gasteiger partial charge in [0, 0.05) is 11.8 Å². The predicted octanol–water partition coefficient (Wildman–Crippen LogP) is 3.32. The van der Waals surface area contributed by atoms with Crippen LogP contribution in [0.4, 0.5) is 5.95 Å². The monoisotopic (exact) mass is 446 g/mol. The molecule has 5 rings (SSSR count). The van der Waals surface area contributed by atoms with Crippen molar-refractivity contribution in [2.75, 3.05) is 32.2 Å². The lowest BCUT2D eigenvalue weighted by molar-refractivity contribution is 0.0676. The number of fused-ring (bicyclic) bond motifs is 1. The largest absolute Gasteiger partial charge is 0.497 e. The maximum atomic E-state index is 6.11. The predicted molar refractivity (Wildman–Crippen MR) is 127 cm³/mol. The molecule has 4 atom stereocenters. The van der Waals surface area contributed by atoms with E-state index in [4.69, 9.17) is 19.2 Å². The summed E-state index contributed by atoms with van der Waals surface area (Å²) in [7, 11) is 1.66. The first-order valence-corrected chi connectivity index (χ1v) is 11.5. The van der Waals surface area contributed by atoms with Crippen LogP contribution in [0.2, 0.25) is 0 Å². The minimum absolute atomic E-state index is 0.00938. The van der Waals surface area contributed by atoms with Gasteiger partial charge in [-0.25, -0.2) is 9.97 Å². The SMILES string of the molecule is COc1ccc(-c2ccnc(N[C@@H]3CO[C@@H]4[C@@H]3OC[C@@H]4NCCCc3ccccc3)n2)cc1. The van der Waals surface area contributed by atoms with Gasteiger partial charge in [-0.05, 0) is 55.3 Å². The standard InChI is InChI=1S/C26H30N4O3/c1-31-20-11-9-19(10-12-20)21-13-15-28-26(29-21)30-23-17-33-24-22(16-32-25(23)24)27-14-5-8-18-6-3-2-4-7-18/h2-4,6-7,9-13,15,22-25,27H,5,8,14,16-17H2,1H3,(H,28,29,30)/t22-,23+,24-,25+/m0/s1. The molecule has 2 aromatic carbocycles. The smallest absolute Gasteiger partial charge is 0.223 e. The van der Waals surface area contributed by atoms with Gasteiger partial charge in [0.25, 0.3) is 0 Å². The molecule has 0 radical (unpaired) electrons. The van der Waals surface area contributed by atoms with E-state index >= 15 is 0 Å². The fourth-order valence-electron chi connectivity index (χ4n) is 4.54. The van der Waals surface area contributed by atoms with Gasteiger partial charge >= 0.3 is 0 Å². The normalized spacial score (nSPS) is 23.9. The van der Waals surface area contributed by atoms with E-state index in [9.17, 15) is 0 Å². The zero-order chi connectivity index (χ0) is 22.5. The second-order valence-corrected chi connectivity index (χ2v) is 8.49. The zero-order valence-electron chi connectivity index (χ0n) is 18.8. The summed E-state index contributed by atoms with van der Waals surface area (Å²) < 4.78 is 17.5. The lowest BCUT2D eigenvalue weighted by atomic mass is 10.1. The molecule has 0 aliphatic carbocycles. The van der Waals surface area contributed by atoms with Crippen LogP contribution in [-0.4, -0.2) is 61.1 Å². The molecule has 7 nitrogen and oxygen atoms in total. The molecule has 0 spiro atoms. The summed E-state index contributed by atoms with van der Waals surface area (Å²) >= 11 is 0. The topological polar surface area (TPSA) is 77.5 Å². The minimum Gasteiger partial charge on any atom is -0.497 e. The lowest BCUT2D eigenvalue weighted by Crippen LogP contribution is -2.42. The van der Waals surface area contributed by atoms with Crippen molar-refractivity contribution in [3.05, 3.63) is 72.4 Å². The van der Waals surface area contributed by atoms with Crippen LogP contribution in [0, 0.1) is 0 Å². The number of nitrogens with zero attached hydrogens (tertiary/aromatic N) is 2. The number of nitrogens with one attached hydrogen (secondary N) is 2. The molecule has 3 aromatic rings. The number of rotatable bonds is 9. The van der Waals surface area contributed by atoms with Crippen LogP contribution < -0.4 is 15.4 Å². The van der Waals surface area contributed by atoms with Crippen LogP contribution >= 0.6 is 0 Å². The first kappa shape index (κ1) is 21.8. The van der Waals surface area contributed by atoms with Crippen molar-refractivity contribution in [3.63, 3.8) is 0 Å². The molecule has 0 unspecified atom stereocenters. The summed E-state index contributed by atoms with van der Waals surface area (Å²) in [5, 5.41) is 7.06. The Balaban J connectivity index is 1.14. The highest BCUT2D eigenvalue weighted by molar-refractivity contribution is 5.61. The second-order valence-electron chi connectivity index (χ2n) is 8.49. The lowest BCUT2D eigenvalue weighted by Gasteiger charge is -2.18. The van der Waals surface area contributed by atoms with E-state index in [1.165, 1.54) is 5.56 Å². The molecular formula is C26H30N4O3. The summed E-state index contributed by atoms with van der Waals surface area (Å²) in [6.07, 6.45) is 3.97. The molecule has 2 aliphatic heterocycles. The van der Waals surface area contributed by atoms with Crippen molar-refractivity contribution in [1.82, 2.24) is 15.3 Å². The molecule has 0 bridgehead atoms. The van der Waals surface area contributed by atoms with Crippen LogP contribution in [0.5, 0.6) is 5.75 Å². The Hall–Kier alpha value is -3.00. The number of benzene rings is 2. The molecule has 2 fully saturated rings. The van der Waals surface area contributed by atoms with Crippen molar-refractivity contribution in [2.45, 2.75) is 37.1 Å². The molecular weight excluding hydrogens is 416 g/mol. The molecule has 1 aromatic heterocycles. The Morgan fingerprint density at radius 3 is 2.48 bits per heavy atom. The first-order chi connectivity index (χ1) is 16.3. The van der Waals surface area contributed by atoms with Gasteiger partial charge in [-0.1, -0.05) is 30.3 Å². The highest BCUT2D eigenvalue weighted by atomic mass is 16.6. The maximum Gasteiger partial charge on any atom is 0.223 e. The summed E-state index contributed by atoms with van der Waals surface area (Å²) in [4.78, 5) is 9.11. The molecule has 2 N–H and O–H groups in total. The van der Waals surface area contributed by atoms with E-state index in [0.717, 1.165) is 36.4 Å². The van der Waals surface area contributed by atoms with Gasteiger partial charge < -0.3 is 24.8 Å². The Kier molecular flexibility index (Phi) is 6.81. The van der Waals surface area contributed by atoms with Gasteiger partial charge in [-0.2, -0.15) is 0 Å². The Labute approximate surface area is 194 Å². The number of hydrogen-bond acceptors (Lipinski definition) is 7. The molecule has 172 valence electrons. The fraction of sp³-hybridized carbons (Fsp3) is 0.385. The van der Waals surface area contributed by atoms with Crippen molar-refractivity contribution in [2.24, 2.45) is 0 Å². The van der Waals surface area contributed by atoms with E-state index in [1.807, 2.05) is 30.3 Å². The van der Waals surface area contributed by atoms with E-state index in [2.05, 4.69) is 45.9 Å². The third kappa shape index (κ3) is 5.16. The average Bonchev–Trinajstić information content (AvgIpc) is 3.46. The zero-order valence-corrected chi connectivity index (χ0v) is 18.8. The second kappa shape index (κ2) is 10.3. The molecule has 7 heteroatoms. The number of hydrogen-bond donors (Lipinski definition) is 2. The van der Waals surface area contributed by atoms with Gasteiger partial charge in [0.2, 0.25) is 5.95 Å². The van der Waals surface area contributed by atoms with Gasteiger partial charge in [-0.15, -0.1) is 0 Å². The summed E-state index contributed by atoms with van der Waals surface area (Å²) in [5.74, 6) is 1.40. The van der Waals surface area contributed by atoms with Crippen molar-refractivity contribution in [1.29, 1.82) is 0 Å². The number of anilines is 1. The minimum atomic E-state index is -0.00938. The highest BCUT2D eigenvalue weighted by Gasteiger charge is 2.47. The van der Waals surface area contributed by atoms with Gasteiger partial charge in [0.05, 0.1) is 38.1 Å². The van der Waals surface area contributed by atoms with Crippen molar-refractivity contribution in [3.8, 4) is 17.0 Å². The number of ether oxygens (including phenoxy) is 3. The Bertz CT molecular complexity index is 1030. The third-order valence-corrected chi connectivity index (χ3v) is 6.30. The summed E-state index contributed by atoms with van der Waals surface area (Å²) in [5.41, 5.74) is 3.24. The summed E-state index contributed by atoms with van der Waals surface area (Å²) in [6, 6.07) is 20.6. The summed E-state index contributed by atoms with van der Waals surface area (Å²) in [6.45, 7) is 2.18. The maximum absolute atomic E-state index is 6.11. The van der Waals surface area contributed by atoms with Crippen LogP contribution in [0.25, 0.3) is 11.3 Å². The van der Waals surface area contributed by atoms with Crippen LogP contribution in [0.15, 0.2) is 66.9 Å². The fourth-order valence-corrected chi connectivity index (χ4v) is 4.54. The van der Waals surface area contributed by atoms with E-state index in [1.54, 1.807) is 13.3 Å². The average molecular weight is 447 g/mol. The van der Waals surface area contributed by atoms with Crippen molar-refractivity contribution < 1.29 is 14.2 Å². The van der Waals surface area contributed by atoms with E-state index in [-0.39, 0.29) is 24.3 Å². The van der Waals surface area contributed by atoms with E-state index < -0.39 is 0 Å². The van der Waals surface area contributed by atoms with Crippen LogP contribution in [-0.2, 0) is 15.9 Å². The molecule has 2 aliphatic rings. The third-order valence-electron chi connectivity index (χ3n) is 6.30. The number of methoxy groups -OCH3 is 1. The molecule has 33 heavy (non-hydrogen) atoms. The quantitative estimate of drug-likeness (QED) is 0.488. The Morgan fingerprint density at radius 2 is 1.70 bits per heavy atom. The van der Waals surface area contributed by atoms with Crippen molar-refractivity contribution >= 4 is 5.95 Å². The highest BCUT2D eigenvalue weighted by Crippen LogP contribution is 2.29. The van der Waals surface area contributed by atoms with Gasteiger partial charge in [0.1, 0.15) is 18.0 Å². The number of aromatic nitrogens is 2. The van der Waals surface area contributed by atoms with Gasteiger partial charge in [-0.3, -0.25) is 0 Å². The molecule has 0 amide bonds. The van der Waals surface area contributed by atoms with Crippen LogP contribution in [0.1, 0.15) is 12.0 Å². The molecule has 2 saturated heterocycles. The van der Waals surface area contributed by atoms with Crippen LogP contribution in [0.3, 0.4) is 0 Å². The number of aryl methyl sites for hydroxylation is 1. The van der Waals surface area contributed by atoms with E-state index in [0.29, 0.717) is 19.2 Å².